The molecule has 0 fully saturated rings. The summed E-state index contributed by atoms with van der Waals surface area (Å²) in [5.41, 5.74) is 2.00. The molecule has 0 aliphatic carbocycles. The number of nitrogens with one attached hydrogen (secondary N) is 3. The average Bonchev–Trinajstić information content (AvgIpc) is 3.34. The lowest BCUT2D eigenvalue weighted by Gasteiger charge is -2.15. The standard InChI is InChI=1S/C23H25ClN4O7S3/c1-12-9-13(2)18(16(10-12)21(29)28-37(5,31)32)26-22(30)19-20(14(3)11-36-19)38(33,34)8-6-7-25-23-17(24)15(4)27-35-23/h6-7,9-11,25H,8H2,1-5H3,(H,26,30)(H,28,29). The van der Waals surface area contributed by atoms with Gasteiger partial charge in [-0.3, -0.25) is 9.59 Å². The quantitative estimate of drug-likeness (QED) is 0.329. The van der Waals surface area contributed by atoms with Gasteiger partial charge in [0.15, 0.2) is 9.84 Å². The fraction of sp³-hybridized carbons (Fsp3) is 0.261. The van der Waals surface area contributed by atoms with E-state index >= 15 is 0 Å². The monoisotopic (exact) mass is 600 g/mol. The molecule has 11 nitrogen and oxygen atoms in total. The van der Waals surface area contributed by atoms with Gasteiger partial charge >= 0.3 is 0 Å². The van der Waals surface area contributed by atoms with Gasteiger partial charge in [-0.15, -0.1) is 11.3 Å². The number of rotatable bonds is 9. The number of benzene rings is 1. The second-order valence-corrected chi connectivity index (χ2v) is 13.5. The molecule has 0 spiro atoms. The predicted molar refractivity (Wildman–Crippen MR) is 146 cm³/mol. The second kappa shape index (κ2) is 11.3. The number of sulfonamides is 1. The third kappa shape index (κ3) is 6.81. The van der Waals surface area contributed by atoms with Crippen LogP contribution in [0, 0.1) is 27.7 Å². The number of halogens is 1. The molecular formula is C23H25ClN4O7S3. The van der Waals surface area contributed by atoms with Gasteiger partial charge in [0.25, 0.3) is 11.8 Å². The summed E-state index contributed by atoms with van der Waals surface area (Å²) < 4.78 is 56.4. The summed E-state index contributed by atoms with van der Waals surface area (Å²) in [7, 11) is -7.82. The van der Waals surface area contributed by atoms with Gasteiger partial charge in [0.1, 0.15) is 15.6 Å². The molecular weight excluding hydrogens is 576 g/mol. The molecule has 3 rings (SSSR count). The Hall–Kier alpha value is -3.20. The van der Waals surface area contributed by atoms with Crippen molar-refractivity contribution in [1.29, 1.82) is 0 Å². The van der Waals surface area contributed by atoms with Crippen molar-refractivity contribution >= 4 is 66.2 Å². The van der Waals surface area contributed by atoms with Crippen LogP contribution in [0.4, 0.5) is 11.6 Å². The summed E-state index contributed by atoms with van der Waals surface area (Å²) in [5, 5.41) is 10.8. The highest BCUT2D eigenvalue weighted by Crippen LogP contribution is 2.31. The fourth-order valence-electron chi connectivity index (χ4n) is 3.52. The smallest absolute Gasteiger partial charge is 0.267 e. The molecule has 3 aromatic rings. The zero-order valence-corrected chi connectivity index (χ0v) is 24.2. The lowest BCUT2D eigenvalue weighted by Crippen LogP contribution is -2.30. The summed E-state index contributed by atoms with van der Waals surface area (Å²) in [6.45, 7) is 6.57. The van der Waals surface area contributed by atoms with Crippen LogP contribution >= 0.6 is 22.9 Å². The first-order chi connectivity index (χ1) is 17.6. The molecule has 0 aliphatic rings. The largest absolute Gasteiger partial charge is 0.337 e. The highest BCUT2D eigenvalue weighted by molar-refractivity contribution is 7.91. The Balaban J connectivity index is 1.88. The number of aryl methyl sites for hydroxylation is 4. The van der Waals surface area contributed by atoms with Crippen LogP contribution in [0.25, 0.3) is 0 Å². The maximum absolute atomic E-state index is 13.3. The first-order valence-corrected chi connectivity index (χ1v) is 15.7. The highest BCUT2D eigenvalue weighted by atomic mass is 35.5. The van der Waals surface area contributed by atoms with Crippen LogP contribution in [-0.4, -0.2) is 45.8 Å². The molecule has 0 atom stereocenters. The number of nitrogens with zero attached hydrogens (tertiary/aromatic N) is 1. The molecule has 1 aromatic carbocycles. The van der Waals surface area contributed by atoms with Crippen molar-refractivity contribution in [1.82, 2.24) is 9.88 Å². The second-order valence-electron chi connectivity index (χ2n) is 8.48. The van der Waals surface area contributed by atoms with E-state index in [2.05, 4.69) is 15.8 Å². The molecule has 0 saturated heterocycles. The number of sulfone groups is 1. The molecule has 2 aromatic heterocycles. The van der Waals surface area contributed by atoms with E-state index in [0.29, 0.717) is 22.4 Å². The van der Waals surface area contributed by atoms with E-state index in [4.69, 9.17) is 16.1 Å². The minimum Gasteiger partial charge on any atom is -0.337 e. The van der Waals surface area contributed by atoms with Crippen molar-refractivity contribution in [2.75, 3.05) is 22.6 Å². The van der Waals surface area contributed by atoms with Crippen LogP contribution in [-0.2, 0) is 19.9 Å². The Morgan fingerprint density at radius 1 is 1.08 bits per heavy atom. The Bertz CT molecular complexity index is 1660. The number of thiophene rings is 1. The summed E-state index contributed by atoms with van der Waals surface area (Å²) >= 11 is 6.95. The van der Waals surface area contributed by atoms with Gasteiger partial charge in [-0.25, -0.2) is 21.6 Å². The van der Waals surface area contributed by atoms with Crippen molar-refractivity contribution in [2.45, 2.75) is 32.6 Å². The van der Waals surface area contributed by atoms with Crippen LogP contribution in [0.15, 0.2) is 39.2 Å². The van der Waals surface area contributed by atoms with Crippen LogP contribution < -0.4 is 15.4 Å². The van der Waals surface area contributed by atoms with E-state index < -0.39 is 37.4 Å². The lowest BCUT2D eigenvalue weighted by atomic mass is 10.0. The zero-order chi connectivity index (χ0) is 28.4. The third-order valence-electron chi connectivity index (χ3n) is 5.12. The average molecular weight is 601 g/mol. The van der Waals surface area contributed by atoms with Crippen LogP contribution in [0.5, 0.6) is 0 Å². The Morgan fingerprint density at radius 3 is 2.37 bits per heavy atom. The van der Waals surface area contributed by atoms with Crippen molar-refractivity contribution in [3.63, 3.8) is 0 Å². The van der Waals surface area contributed by atoms with Crippen molar-refractivity contribution < 1.29 is 30.9 Å². The molecule has 2 amide bonds. The van der Waals surface area contributed by atoms with Gasteiger partial charge in [0, 0.05) is 6.20 Å². The minimum absolute atomic E-state index is 0.0690. The maximum Gasteiger partial charge on any atom is 0.267 e. The maximum atomic E-state index is 13.3. The normalized spacial score (nSPS) is 12.1. The molecule has 3 N–H and O–H groups in total. The van der Waals surface area contributed by atoms with E-state index in [1.54, 1.807) is 39.1 Å². The number of hydrogen-bond donors (Lipinski definition) is 3. The van der Waals surface area contributed by atoms with Gasteiger partial charge in [0.2, 0.25) is 15.9 Å². The topological polar surface area (TPSA) is 165 Å². The SMILES string of the molecule is Cc1cc(C)c(NC(=O)c2scc(C)c2S(=O)(=O)CC=CNc2onc(C)c2Cl)c(C(=O)NS(C)(=O)=O)c1. The van der Waals surface area contributed by atoms with E-state index in [9.17, 15) is 26.4 Å². The zero-order valence-electron chi connectivity index (χ0n) is 21.0. The summed E-state index contributed by atoms with van der Waals surface area (Å²) in [6.07, 6.45) is 3.51. The first-order valence-electron chi connectivity index (χ1n) is 10.9. The van der Waals surface area contributed by atoms with Crippen molar-refractivity contribution in [2.24, 2.45) is 0 Å². The van der Waals surface area contributed by atoms with E-state index in [0.717, 1.165) is 17.6 Å². The predicted octanol–water partition coefficient (Wildman–Crippen LogP) is 3.96. The van der Waals surface area contributed by atoms with Crippen molar-refractivity contribution in [3.05, 3.63) is 67.6 Å². The molecule has 0 unspecified atom stereocenters. The van der Waals surface area contributed by atoms with Crippen LogP contribution in [0.2, 0.25) is 5.02 Å². The Morgan fingerprint density at radius 2 is 1.76 bits per heavy atom. The number of carbonyl (C=O) groups is 2. The van der Waals surface area contributed by atoms with E-state index in [-0.39, 0.29) is 31.9 Å². The number of amides is 2. The van der Waals surface area contributed by atoms with Crippen LogP contribution in [0.1, 0.15) is 42.4 Å². The van der Waals surface area contributed by atoms with Gasteiger partial charge in [-0.1, -0.05) is 28.9 Å². The number of carbonyl (C=O) groups excluding carboxylic acids is 2. The van der Waals surface area contributed by atoms with Crippen molar-refractivity contribution in [3.8, 4) is 0 Å². The van der Waals surface area contributed by atoms with E-state index in [1.807, 2.05) is 4.72 Å². The summed E-state index contributed by atoms with van der Waals surface area (Å²) in [6, 6.07) is 3.13. The van der Waals surface area contributed by atoms with Gasteiger partial charge in [0.05, 0.1) is 28.2 Å². The number of aromatic nitrogens is 1. The molecule has 204 valence electrons. The number of anilines is 2. The van der Waals surface area contributed by atoms with E-state index in [1.165, 1.54) is 18.3 Å². The molecule has 0 aliphatic heterocycles. The highest BCUT2D eigenvalue weighted by Gasteiger charge is 2.28. The lowest BCUT2D eigenvalue weighted by molar-refractivity contribution is 0.0982. The first kappa shape index (κ1) is 29.4. The number of hydrogen-bond acceptors (Lipinski definition) is 10. The summed E-state index contributed by atoms with van der Waals surface area (Å²) in [5.74, 6) is -1.96. The molecule has 0 bridgehead atoms. The van der Waals surface area contributed by atoms with Gasteiger partial charge in [-0.2, -0.15) is 0 Å². The Labute approximate surface area is 229 Å². The molecule has 0 radical (unpaired) electrons. The third-order valence-corrected chi connectivity index (χ3v) is 9.12. The molecule has 38 heavy (non-hydrogen) atoms. The van der Waals surface area contributed by atoms with Gasteiger partial charge < -0.3 is 15.2 Å². The molecule has 15 heteroatoms. The van der Waals surface area contributed by atoms with Crippen LogP contribution in [0.3, 0.4) is 0 Å². The minimum atomic E-state index is -3.96. The molecule has 0 saturated carbocycles. The summed E-state index contributed by atoms with van der Waals surface area (Å²) in [4.78, 5) is 25.7. The molecule has 2 heterocycles. The fourth-order valence-corrected chi connectivity index (χ4v) is 6.97. The Kier molecular flexibility index (Phi) is 8.71. The van der Waals surface area contributed by atoms with Gasteiger partial charge in [-0.05, 0) is 55.8 Å².